The molecule has 0 aliphatic heterocycles. The van der Waals surface area contributed by atoms with Crippen molar-refractivity contribution in [1.29, 1.82) is 0 Å². The molecule has 0 heterocycles. The lowest BCUT2D eigenvalue weighted by Crippen LogP contribution is -2.32. The molecule has 1 aromatic rings. The van der Waals surface area contributed by atoms with Gasteiger partial charge in [0.25, 0.3) is 5.91 Å². The minimum Gasteiger partial charge on any atom is -0.378 e. The number of hydrogen-bond donors (Lipinski definition) is 1. The van der Waals surface area contributed by atoms with E-state index in [9.17, 15) is 4.79 Å². The highest BCUT2D eigenvalue weighted by molar-refractivity contribution is 5.94. The third-order valence-corrected chi connectivity index (χ3v) is 3.26. The molecule has 0 aliphatic carbocycles. The van der Waals surface area contributed by atoms with Crippen LogP contribution in [0.25, 0.3) is 0 Å². The molecule has 0 fully saturated rings. The highest BCUT2D eigenvalue weighted by Crippen LogP contribution is 2.12. The van der Waals surface area contributed by atoms with Crippen LogP contribution in [-0.2, 0) is 0 Å². The Morgan fingerprint density at radius 2 is 1.84 bits per heavy atom. The quantitative estimate of drug-likeness (QED) is 0.763. The Kier molecular flexibility index (Phi) is 6.40. The standard InChI is InChI=1S/C16H26N2O/c1-5-6-7-8-13(2)17-16(19)14-9-11-15(12-10-14)18(3)4/h9-13H,5-8H2,1-4H3,(H,17,19). The van der Waals surface area contributed by atoms with Crippen LogP contribution in [0.4, 0.5) is 5.69 Å². The lowest BCUT2D eigenvalue weighted by Gasteiger charge is -2.15. The number of unbranched alkanes of at least 4 members (excludes halogenated alkanes) is 2. The number of benzene rings is 1. The van der Waals surface area contributed by atoms with Crippen molar-refractivity contribution in [1.82, 2.24) is 5.32 Å². The van der Waals surface area contributed by atoms with E-state index in [1.807, 2.05) is 43.3 Å². The molecular formula is C16H26N2O. The first kappa shape index (κ1) is 15.5. The summed E-state index contributed by atoms with van der Waals surface area (Å²) in [4.78, 5) is 14.1. The maximum atomic E-state index is 12.0. The molecule has 106 valence electrons. The Bertz CT molecular complexity index is 384. The summed E-state index contributed by atoms with van der Waals surface area (Å²) in [6, 6.07) is 7.94. The van der Waals surface area contributed by atoms with E-state index in [4.69, 9.17) is 0 Å². The summed E-state index contributed by atoms with van der Waals surface area (Å²) in [5.41, 5.74) is 1.83. The van der Waals surface area contributed by atoms with Crippen LogP contribution in [0.1, 0.15) is 49.9 Å². The van der Waals surface area contributed by atoms with E-state index in [1.54, 1.807) is 0 Å². The molecule has 1 amide bonds. The molecule has 0 radical (unpaired) electrons. The number of amides is 1. The molecule has 0 spiro atoms. The molecule has 1 N–H and O–H groups in total. The van der Waals surface area contributed by atoms with Gasteiger partial charge in [-0.1, -0.05) is 26.2 Å². The number of anilines is 1. The second-order valence-corrected chi connectivity index (χ2v) is 5.31. The molecule has 0 saturated carbocycles. The molecule has 3 heteroatoms. The molecule has 0 bridgehead atoms. The highest BCUT2D eigenvalue weighted by Gasteiger charge is 2.09. The van der Waals surface area contributed by atoms with Crippen molar-refractivity contribution < 1.29 is 4.79 Å². The summed E-state index contributed by atoms with van der Waals surface area (Å²) in [5.74, 6) is 0.0225. The first-order valence-corrected chi connectivity index (χ1v) is 7.12. The summed E-state index contributed by atoms with van der Waals surface area (Å²) in [5, 5.41) is 3.05. The summed E-state index contributed by atoms with van der Waals surface area (Å²) in [7, 11) is 3.98. The van der Waals surface area contributed by atoms with Crippen LogP contribution in [0, 0.1) is 0 Å². The average Bonchev–Trinajstić information content (AvgIpc) is 2.39. The summed E-state index contributed by atoms with van der Waals surface area (Å²) in [6.07, 6.45) is 4.68. The van der Waals surface area contributed by atoms with Crippen LogP contribution < -0.4 is 10.2 Å². The van der Waals surface area contributed by atoms with Crippen molar-refractivity contribution >= 4 is 11.6 Å². The summed E-state index contributed by atoms with van der Waals surface area (Å²) in [6.45, 7) is 4.26. The second kappa shape index (κ2) is 7.82. The number of carbonyl (C=O) groups excluding carboxylic acids is 1. The summed E-state index contributed by atoms with van der Waals surface area (Å²) < 4.78 is 0. The van der Waals surface area contributed by atoms with E-state index in [0.29, 0.717) is 0 Å². The normalized spacial score (nSPS) is 12.0. The number of nitrogens with zero attached hydrogens (tertiary/aromatic N) is 1. The third-order valence-electron chi connectivity index (χ3n) is 3.26. The fraction of sp³-hybridized carbons (Fsp3) is 0.562. The Morgan fingerprint density at radius 1 is 1.21 bits per heavy atom. The van der Waals surface area contributed by atoms with Crippen LogP contribution in [0.5, 0.6) is 0 Å². The Hall–Kier alpha value is -1.51. The van der Waals surface area contributed by atoms with Crippen molar-refractivity contribution in [2.45, 2.75) is 45.6 Å². The van der Waals surface area contributed by atoms with Gasteiger partial charge in [0, 0.05) is 31.4 Å². The van der Waals surface area contributed by atoms with Gasteiger partial charge in [0.15, 0.2) is 0 Å². The van der Waals surface area contributed by atoms with Crippen LogP contribution >= 0.6 is 0 Å². The molecule has 0 aliphatic rings. The maximum Gasteiger partial charge on any atom is 0.251 e. The van der Waals surface area contributed by atoms with Gasteiger partial charge >= 0.3 is 0 Å². The zero-order valence-electron chi connectivity index (χ0n) is 12.6. The van der Waals surface area contributed by atoms with Crippen LogP contribution in [0.2, 0.25) is 0 Å². The smallest absolute Gasteiger partial charge is 0.251 e. The zero-order valence-corrected chi connectivity index (χ0v) is 12.6. The fourth-order valence-corrected chi connectivity index (χ4v) is 1.99. The van der Waals surface area contributed by atoms with Gasteiger partial charge in [0.1, 0.15) is 0 Å². The monoisotopic (exact) mass is 262 g/mol. The molecule has 0 aromatic heterocycles. The van der Waals surface area contributed by atoms with Crippen LogP contribution in [0.15, 0.2) is 24.3 Å². The largest absolute Gasteiger partial charge is 0.378 e. The topological polar surface area (TPSA) is 32.3 Å². The zero-order chi connectivity index (χ0) is 14.3. The van der Waals surface area contributed by atoms with Gasteiger partial charge in [0.05, 0.1) is 0 Å². The van der Waals surface area contributed by atoms with E-state index < -0.39 is 0 Å². The molecule has 1 rings (SSSR count). The van der Waals surface area contributed by atoms with Gasteiger partial charge in [0.2, 0.25) is 0 Å². The Labute approximate surface area is 117 Å². The minimum atomic E-state index is 0.0225. The van der Waals surface area contributed by atoms with Crippen LogP contribution in [0.3, 0.4) is 0 Å². The number of rotatable bonds is 7. The van der Waals surface area contributed by atoms with E-state index in [2.05, 4.69) is 19.2 Å². The number of carbonyl (C=O) groups is 1. The van der Waals surface area contributed by atoms with Crippen molar-refractivity contribution in [2.75, 3.05) is 19.0 Å². The fourth-order valence-electron chi connectivity index (χ4n) is 1.99. The molecular weight excluding hydrogens is 236 g/mol. The molecule has 1 aromatic carbocycles. The van der Waals surface area contributed by atoms with Gasteiger partial charge < -0.3 is 10.2 Å². The van der Waals surface area contributed by atoms with E-state index in [0.717, 1.165) is 17.7 Å². The van der Waals surface area contributed by atoms with Crippen LogP contribution in [-0.4, -0.2) is 26.0 Å². The molecule has 0 saturated heterocycles. The summed E-state index contributed by atoms with van der Waals surface area (Å²) >= 11 is 0. The lowest BCUT2D eigenvalue weighted by molar-refractivity contribution is 0.0938. The van der Waals surface area contributed by atoms with Gasteiger partial charge in [-0.05, 0) is 37.6 Å². The second-order valence-electron chi connectivity index (χ2n) is 5.31. The number of nitrogens with one attached hydrogen (secondary N) is 1. The van der Waals surface area contributed by atoms with Gasteiger partial charge in [-0.3, -0.25) is 4.79 Å². The van der Waals surface area contributed by atoms with Crippen molar-refractivity contribution in [2.24, 2.45) is 0 Å². The van der Waals surface area contributed by atoms with Gasteiger partial charge in [-0.25, -0.2) is 0 Å². The van der Waals surface area contributed by atoms with Gasteiger partial charge in [-0.2, -0.15) is 0 Å². The minimum absolute atomic E-state index is 0.0225. The average molecular weight is 262 g/mol. The predicted molar refractivity (Wildman–Crippen MR) is 81.8 cm³/mol. The Balaban J connectivity index is 2.48. The Morgan fingerprint density at radius 3 is 2.37 bits per heavy atom. The SMILES string of the molecule is CCCCCC(C)NC(=O)c1ccc(N(C)C)cc1. The van der Waals surface area contributed by atoms with Crippen molar-refractivity contribution in [3.8, 4) is 0 Å². The number of hydrogen-bond acceptors (Lipinski definition) is 2. The highest BCUT2D eigenvalue weighted by atomic mass is 16.1. The third kappa shape index (κ3) is 5.33. The predicted octanol–water partition coefficient (Wildman–Crippen LogP) is 3.45. The molecule has 1 unspecified atom stereocenters. The first-order chi connectivity index (χ1) is 9.04. The van der Waals surface area contributed by atoms with Crippen molar-refractivity contribution in [3.05, 3.63) is 29.8 Å². The van der Waals surface area contributed by atoms with E-state index >= 15 is 0 Å². The molecule has 1 atom stereocenters. The molecule has 19 heavy (non-hydrogen) atoms. The van der Waals surface area contributed by atoms with Gasteiger partial charge in [-0.15, -0.1) is 0 Å². The van der Waals surface area contributed by atoms with E-state index in [-0.39, 0.29) is 11.9 Å². The van der Waals surface area contributed by atoms with Crippen molar-refractivity contribution in [3.63, 3.8) is 0 Å². The molecule has 3 nitrogen and oxygen atoms in total. The first-order valence-electron chi connectivity index (χ1n) is 7.12. The maximum absolute atomic E-state index is 12.0. The lowest BCUT2D eigenvalue weighted by atomic mass is 10.1. The van der Waals surface area contributed by atoms with E-state index in [1.165, 1.54) is 19.3 Å².